The standard InChI is InChI=1S/C8H8BrNO4/c1-8(7(12)13,10-4-11)5-2-3-6(9)14-5/h2-4H,1H3,(H,10,11)(H,12,13). The van der Waals surface area contributed by atoms with Crippen molar-refractivity contribution < 1.29 is 19.1 Å². The summed E-state index contributed by atoms with van der Waals surface area (Å²) in [4.78, 5) is 21.2. The highest BCUT2D eigenvalue weighted by Gasteiger charge is 2.38. The van der Waals surface area contributed by atoms with Gasteiger partial charge in [0.1, 0.15) is 5.76 Å². The number of rotatable bonds is 4. The summed E-state index contributed by atoms with van der Waals surface area (Å²) in [6, 6.07) is 3.04. The van der Waals surface area contributed by atoms with Crippen LogP contribution in [-0.2, 0) is 15.1 Å². The van der Waals surface area contributed by atoms with Crippen LogP contribution >= 0.6 is 15.9 Å². The molecule has 1 atom stereocenters. The highest BCUT2D eigenvalue weighted by Crippen LogP contribution is 2.25. The Balaban J connectivity index is 3.11. The topological polar surface area (TPSA) is 79.5 Å². The van der Waals surface area contributed by atoms with Crippen LogP contribution in [0.4, 0.5) is 0 Å². The van der Waals surface area contributed by atoms with E-state index in [1.165, 1.54) is 13.0 Å². The number of halogens is 1. The molecule has 0 aliphatic heterocycles. The summed E-state index contributed by atoms with van der Waals surface area (Å²) in [5.74, 6) is -1.03. The zero-order valence-corrected chi connectivity index (χ0v) is 8.87. The van der Waals surface area contributed by atoms with Crippen LogP contribution in [0.3, 0.4) is 0 Å². The number of carbonyl (C=O) groups excluding carboxylic acids is 1. The summed E-state index contributed by atoms with van der Waals surface area (Å²) in [5, 5.41) is 11.1. The lowest BCUT2D eigenvalue weighted by Crippen LogP contribution is -2.45. The number of hydrogen-bond donors (Lipinski definition) is 2. The molecule has 0 aliphatic carbocycles. The van der Waals surface area contributed by atoms with Gasteiger partial charge in [-0.3, -0.25) is 4.79 Å². The fourth-order valence-corrected chi connectivity index (χ4v) is 1.25. The first-order valence-corrected chi connectivity index (χ1v) is 4.50. The number of amides is 1. The molecule has 76 valence electrons. The van der Waals surface area contributed by atoms with E-state index in [2.05, 4.69) is 21.2 Å². The molecular formula is C8H8BrNO4. The van der Waals surface area contributed by atoms with Crippen LogP contribution in [-0.4, -0.2) is 17.5 Å². The number of furan rings is 1. The predicted molar refractivity (Wildman–Crippen MR) is 50.6 cm³/mol. The Kier molecular flexibility index (Phi) is 2.95. The van der Waals surface area contributed by atoms with Crippen LogP contribution in [0.15, 0.2) is 21.2 Å². The van der Waals surface area contributed by atoms with Crippen LogP contribution in [0.25, 0.3) is 0 Å². The second kappa shape index (κ2) is 3.83. The van der Waals surface area contributed by atoms with E-state index in [4.69, 9.17) is 9.52 Å². The number of carboxylic acids is 1. The molecule has 0 aromatic carbocycles. The van der Waals surface area contributed by atoms with Crippen LogP contribution in [0.2, 0.25) is 0 Å². The predicted octanol–water partition coefficient (Wildman–Crippen LogP) is 1.09. The van der Waals surface area contributed by atoms with Gasteiger partial charge in [-0.05, 0) is 35.0 Å². The number of aliphatic carboxylic acids is 1. The van der Waals surface area contributed by atoms with Gasteiger partial charge in [-0.15, -0.1) is 0 Å². The van der Waals surface area contributed by atoms with Gasteiger partial charge in [0.2, 0.25) is 6.41 Å². The Hall–Kier alpha value is -1.30. The zero-order valence-electron chi connectivity index (χ0n) is 7.28. The van der Waals surface area contributed by atoms with Crippen molar-refractivity contribution in [1.29, 1.82) is 0 Å². The van der Waals surface area contributed by atoms with Crippen LogP contribution in [0.1, 0.15) is 12.7 Å². The van der Waals surface area contributed by atoms with Crippen molar-refractivity contribution in [2.75, 3.05) is 0 Å². The van der Waals surface area contributed by atoms with Crippen molar-refractivity contribution in [2.45, 2.75) is 12.5 Å². The van der Waals surface area contributed by atoms with Crippen molar-refractivity contribution >= 4 is 28.3 Å². The lowest BCUT2D eigenvalue weighted by atomic mass is 10.00. The minimum atomic E-state index is -1.53. The fraction of sp³-hybridized carbons (Fsp3) is 0.250. The van der Waals surface area contributed by atoms with Crippen molar-refractivity contribution in [3.63, 3.8) is 0 Å². The highest BCUT2D eigenvalue weighted by molar-refractivity contribution is 9.10. The van der Waals surface area contributed by atoms with Crippen molar-refractivity contribution in [3.05, 3.63) is 22.6 Å². The van der Waals surface area contributed by atoms with Crippen molar-refractivity contribution in [3.8, 4) is 0 Å². The fourth-order valence-electron chi connectivity index (χ4n) is 0.939. The van der Waals surface area contributed by atoms with E-state index >= 15 is 0 Å². The summed E-state index contributed by atoms with van der Waals surface area (Å²) in [6.45, 7) is 1.34. The third kappa shape index (κ3) is 1.79. The third-order valence-electron chi connectivity index (χ3n) is 1.84. The molecule has 5 nitrogen and oxygen atoms in total. The van der Waals surface area contributed by atoms with Gasteiger partial charge in [0.05, 0.1) is 0 Å². The van der Waals surface area contributed by atoms with Gasteiger partial charge in [0.25, 0.3) is 0 Å². The first kappa shape index (κ1) is 10.8. The van der Waals surface area contributed by atoms with E-state index in [9.17, 15) is 9.59 Å². The van der Waals surface area contributed by atoms with E-state index < -0.39 is 11.5 Å². The maximum atomic E-state index is 10.9. The largest absolute Gasteiger partial charge is 0.479 e. The molecule has 1 rings (SSSR count). The van der Waals surface area contributed by atoms with Gasteiger partial charge < -0.3 is 14.8 Å². The Morgan fingerprint density at radius 2 is 2.36 bits per heavy atom. The van der Waals surface area contributed by atoms with Crippen LogP contribution < -0.4 is 5.32 Å². The number of hydrogen-bond acceptors (Lipinski definition) is 3. The average Bonchev–Trinajstić information content (AvgIpc) is 2.52. The Morgan fingerprint density at radius 3 is 2.71 bits per heavy atom. The van der Waals surface area contributed by atoms with E-state index in [1.807, 2.05) is 0 Å². The number of carbonyl (C=O) groups is 2. The lowest BCUT2D eigenvalue weighted by Gasteiger charge is -2.20. The van der Waals surface area contributed by atoms with Crippen molar-refractivity contribution in [1.82, 2.24) is 5.32 Å². The van der Waals surface area contributed by atoms with E-state index in [0.717, 1.165) is 0 Å². The second-order valence-corrected chi connectivity index (χ2v) is 3.58. The van der Waals surface area contributed by atoms with Gasteiger partial charge in [0.15, 0.2) is 10.2 Å². The highest BCUT2D eigenvalue weighted by atomic mass is 79.9. The first-order valence-electron chi connectivity index (χ1n) is 3.71. The minimum absolute atomic E-state index is 0.156. The van der Waals surface area contributed by atoms with Crippen LogP contribution in [0, 0.1) is 0 Å². The smallest absolute Gasteiger partial charge is 0.337 e. The molecule has 0 aliphatic rings. The monoisotopic (exact) mass is 261 g/mol. The normalized spacial score (nSPS) is 14.4. The first-order chi connectivity index (χ1) is 6.50. The second-order valence-electron chi connectivity index (χ2n) is 2.80. The zero-order chi connectivity index (χ0) is 10.8. The van der Waals surface area contributed by atoms with Crippen molar-refractivity contribution in [2.24, 2.45) is 0 Å². The van der Waals surface area contributed by atoms with Gasteiger partial charge in [-0.1, -0.05) is 0 Å². The number of carboxylic acid groups (broad SMARTS) is 1. The summed E-state index contributed by atoms with van der Waals surface area (Å²) in [7, 11) is 0. The number of nitrogens with one attached hydrogen (secondary N) is 1. The Bertz CT molecular complexity index is 362. The molecule has 6 heteroatoms. The van der Waals surface area contributed by atoms with Gasteiger partial charge in [-0.2, -0.15) is 0 Å². The minimum Gasteiger partial charge on any atom is -0.479 e. The molecule has 1 aromatic heterocycles. The van der Waals surface area contributed by atoms with E-state index in [1.54, 1.807) is 6.07 Å². The molecule has 1 heterocycles. The van der Waals surface area contributed by atoms with Gasteiger partial charge >= 0.3 is 5.97 Å². The molecule has 0 fully saturated rings. The molecule has 0 radical (unpaired) electrons. The average molecular weight is 262 g/mol. The third-order valence-corrected chi connectivity index (χ3v) is 2.27. The molecule has 0 bridgehead atoms. The molecule has 0 saturated heterocycles. The molecule has 14 heavy (non-hydrogen) atoms. The summed E-state index contributed by atoms with van der Waals surface area (Å²) >= 11 is 3.05. The van der Waals surface area contributed by atoms with Gasteiger partial charge in [0, 0.05) is 0 Å². The summed E-state index contributed by atoms with van der Waals surface area (Å²) < 4.78 is 5.49. The molecule has 2 N–H and O–H groups in total. The molecular weight excluding hydrogens is 254 g/mol. The Morgan fingerprint density at radius 1 is 1.71 bits per heavy atom. The SMILES string of the molecule is CC(NC=O)(C(=O)O)c1ccc(Br)o1. The molecule has 0 spiro atoms. The molecule has 1 aromatic rings. The van der Waals surface area contributed by atoms with Gasteiger partial charge in [-0.25, -0.2) is 4.79 Å². The quantitative estimate of drug-likeness (QED) is 0.796. The van der Waals surface area contributed by atoms with Crippen LogP contribution in [0.5, 0.6) is 0 Å². The molecule has 1 unspecified atom stereocenters. The maximum Gasteiger partial charge on any atom is 0.337 e. The maximum absolute atomic E-state index is 10.9. The summed E-state index contributed by atoms with van der Waals surface area (Å²) in [5.41, 5.74) is -1.53. The summed E-state index contributed by atoms with van der Waals surface area (Å²) in [6.07, 6.45) is 0.324. The molecule has 0 saturated carbocycles. The Labute approximate surface area is 88.2 Å². The lowest BCUT2D eigenvalue weighted by molar-refractivity contribution is -0.146. The van der Waals surface area contributed by atoms with E-state index in [0.29, 0.717) is 11.1 Å². The molecule has 1 amide bonds. The van der Waals surface area contributed by atoms with E-state index in [-0.39, 0.29) is 5.76 Å².